The SMILES string of the molecule is NC(CC(=O)O)c1ncccn1. The van der Waals surface area contributed by atoms with E-state index in [-0.39, 0.29) is 6.42 Å². The van der Waals surface area contributed by atoms with Crippen LogP contribution in [0.2, 0.25) is 0 Å². The quantitative estimate of drug-likeness (QED) is 0.658. The molecule has 0 aliphatic rings. The predicted octanol–water partition coefficient (Wildman–Crippen LogP) is -0.0489. The molecule has 0 radical (unpaired) electrons. The number of carboxylic acid groups (broad SMARTS) is 1. The van der Waals surface area contributed by atoms with Crippen molar-refractivity contribution in [3.8, 4) is 0 Å². The van der Waals surface area contributed by atoms with E-state index in [0.717, 1.165) is 0 Å². The summed E-state index contributed by atoms with van der Waals surface area (Å²) < 4.78 is 0. The van der Waals surface area contributed by atoms with Gasteiger partial charge in [-0.2, -0.15) is 0 Å². The minimum absolute atomic E-state index is 0.149. The Morgan fingerprint density at radius 1 is 1.58 bits per heavy atom. The molecule has 1 heterocycles. The minimum atomic E-state index is -0.949. The lowest BCUT2D eigenvalue weighted by Crippen LogP contribution is -2.17. The third kappa shape index (κ3) is 2.28. The fourth-order valence-electron chi connectivity index (χ4n) is 0.782. The Morgan fingerprint density at radius 3 is 2.67 bits per heavy atom. The smallest absolute Gasteiger partial charge is 0.305 e. The maximum Gasteiger partial charge on any atom is 0.305 e. The van der Waals surface area contributed by atoms with E-state index in [0.29, 0.717) is 5.82 Å². The van der Waals surface area contributed by atoms with Crippen LogP contribution in [-0.2, 0) is 4.79 Å². The molecule has 64 valence electrons. The first-order chi connectivity index (χ1) is 5.70. The van der Waals surface area contributed by atoms with Crippen molar-refractivity contribution < 1.29 is 9.90 Å². The first-order valence-electron chi connectivity index (χ1n) is 3.44. The molecule has 0 fully saturated rings. The normalized spacial score (nSPS) is 12.4. The molecular formula is C7H9N3O2. The van der Waals surface area contributed by atoms with Crippen molar-refractivity contribution in [3.05, 3.63) is 24.3 Å². The average molecular weight is 167 g/mol. The highest BCUT2D eigenvalue weighted by Gasteiger charge is 2.11. The summed E-state index contributed by atoms with van der Waals surface area (Å²) in [5, 5.41) is 8.41. The third-order valence-electron chi connectivity index (χ3n) is 1.31. The van der Waals surface area contributed by atoms with Gasteiger partial charge in [-0.15, -0.1) is 0 Å². The van der Waals surface area contributed by atoms with Crippen LogP contribution in [0.15, 0.2) is 18.5 Å². The van der Waals surface area contributed by atoms with Crippen LogP contribution < -0.4 is 5.73 Å². The number of carbonyl (C=O) groups is 1. The molecule has 0 bridgehead atoms. The van der Waals surface area contributed by atoms with Crippen LogP contribution >= 0.6 is 0 Å². The Bertz CT molecular complexity index is 263. The average Bonchev–Trinajstić information content (AvgIpc) is 2.05. The van der Waals surface area contributed by atoms with E-state index in [2.05, 4.69) is 9.97 Å². The van der Waals surface area contributed by atoms with Gasteiger partial charge >= 0.3 is 5.97 Å². The van der Waals surface area contributed by atoms with Crippen LogP contribution in [-0.4, -0.2) is 21.0 Å². The molecule has 0 saturated heterocycles. The molecule has 0 aliphatic heterocycles. The molecule has 0 aliphatic carbocycles. The maximum atomic E-state index is 10.2. The summed E-state index contributed by atoms with van der Waals surface area (Å²) in [6.45, 7) is 0. The highest BCUT2D eigenvalue weighted by molar-refractivity contribution is 5.67. The summed E-state index contributed by atoms with van der Waals surface area (Å²) in [4.78, 5) is 17.9. The molecule has 12 heavy (non-hydrogen) atoms. The van der Waals surface area contributed by atoms with Crippen LogP contribution in [0.5, 0.6) is 0 Å². The fraction of sp³-hybridized carbons (Fsp3) is 0.286. The number of hydrogen-bond acceptors (Lipinski definition) is 4. The number of nitrogens with zero attached hydrogens (tertiary/aromatic N) is 2. The first kappa shape index (κ1) is 8.61. The Kier molecular flexibility index (Phi) is 2.71. The maximum absolute atomic E-state index is 10.2. The van der Waals surface area contributed by atoms with Crippen LogP contribution in [0.1, 0.15) is 18.3 Å². The molecule has 1 aromatic rings. The molecule has 1 rings (SSSR count). The molecule has 1 atom stereocenters. The van der Waals surface area contributed by atoms with Crippen molar-refractivity contribution in [3.63, 3.8) is 0 Å². The highest BCUT2D eigenvalue weighted by atomic mass is 16.4. The highest BCUT2D eigenvalue weighted by Crippen LogP contribution is 2.06. The van der Waals surface area contributed by atoms with Gasteiger partial charge in [0.15, 0.2) is 0 Å². The van der Waals surface area contributed by atoms with E-state index in [4.69, 9.17) is 10.8 Å². The van der Waals surface area contributed by atoms with Gasteiger partial charge in [0.1, 0.15) is 5.82 Å². The Hall–Kier alpha value is -1.49. The number of carboxylic acids is 1. The second kappa shape index (κ2) is 3.77. The second-order valence-electron chi connectivity index (χ2n) is 2.31. The van der Waals surface area contributed by atoms with Gasteiger partial charge in [0.25, 0.3) is 0 Å². The lowest BCUT2D eigenvalue weighted by atomic mass is 10.2. The number of aliphatic carboxylic acids is 1. The third-order valence-corrected chi connectivity index (χ3v) is 1.31. The first-order valence-corrected chi connectivity index (χ1v) is 3.44. The number of nitrogens with two attached hydrogens (primary N) is 1. The zero-order valence-electron chi connectivity index (χ0n) is 6.34. The van der Waals surface area contributed by atoms with Gasteiger partial charge in [-0.1, -0.05) is 0 Å². The van der Waals surface area contributed by atoms with E-state index in [1.807, 2.05) is 0 Å². The molecule has 0 spiro atoms. The lowest BCUT2D eigenvalue weighted by molar-refractivity contribution is -0.137. The number of aromatic nitrogens is 2. The number of hydrogen-bond donors (Lipinski definition) is 2. The van der Waals surface area contributed by atoms with E-state index in [9.17, 15) is 4.79 Å². The van der Waals surface area contributed by atoms with Crippen LogP contribution in [0.3, 0.4) is 0 Å². The summed E-state index contributed by atoms with van der Waals surface area (Å²) in [5.41, 5.74) is 5.49. The molecule has 3 N–H and O–H groups in total. The zero-order chi connectivity index (χ0) is 8.97. The Labute approximate surface area is 69.3 Å². The topological polar surface area (TPSA) is 89.1 Å². The van der Waals surface area contributed by atoms with Crippen molar-refractivity contribution in [2.45, 2.75) is 12.5 Å². The predicted molar refractivity (Wildman–Crippen MR) is 41.2 cm³/mol. The molecule has 5 heteroatoms. The summed E-state index contributed by atoms with van der Waals surface area (Å²) >= 11 is 0. The molecule has 1 unspecified atom stereocenters. The monoisotopic (exact) mass is 167 g/mol. The van der Waals surface area contributed by atoms with E-state index in [1.54, 1.807) is 6.07 Å². The molecule has 0 saturated carbocycles. The number of rotatable bonds is 3. The Morgan fingerprint density at radius 2 is 2.17 bits per heavy atom. The van der Waals surface area contributed by atoms with Gasteiger partial charge in [-0.3, -0.25) is 4.79 Å². The minimum Gasteiger partial charge on any atom is -0.481 e. The Balaban J connectivity index is 2.65. The zero-order valence-corrected chi connectivity index (χ0v) is 6.34. The van der Waals surface area contributed by atoms with Crippen LogP contribution in [0, 0.1) is 0 Å². The lowest BCUT2D eigenvalue weighted by Gasteiger charge is -2.05. The van der Waals surface area contributed by atoms with Gasteiger partial charge in [-0.05, 0) is 6.07 Å². The van der Waals surface area contributed by atoms with Gasteiger partial charge in [0.05, 0.1) is 12.5 Å². The van der Waals surface area contributed by atoms with E-state index < -0.39 is 12.0 Å². The summed E-state index contributed by atoms with van der Waals surface area (Å²) in [6.07, 6.45) is 2.91. The van der Waals surface area contributed by atoms with Crippen LogP contribution in [0.4, 0.5) is 0 Å². The van der Waals surface area contributed by atoms with Crippen LogP contribution in [0.25, 0.3) is 0 Å². The standard InChI is InChI=1S/C7H9N3O2/c8-5(4-6(11)12)7-9-2-1-3-10-7/h1-3,5H,4,8H2,(H,11,12). The summed E-state index contributed by atoms with van der Waals surface area (Å²) in [7, 11) is 0. The van der Waals surface area contributed by atoms with Gasteiger partial charge in [0, 0.05) is 12.4 Å². The molecule has 1 aromatic heterocycles. The van der Waals surface area contributed by atoms with E-state index >= 15 is 0 Å². The van der Waals surface area contributed by atoms with Crippen molar-refractivity contribution in [2.75, 3.05) is 0 Å². The molecule has 0 aromatic carbocycles. The molecular weight excluding hydrogens is 158 g/mol. The van der Waals surface area contributed by atoms with Gasteiger partial charge in [-0.25, -0.2) is 9.97 Å². The van der Waals surface area contributed by atoms with Crippen molar-refractivity contribution >= 4 is 5.97 Å². The van der Waals surface area contributed by atoms with Crippen molar-refractivity contribution in [1.82, 2.24) is 9.97 Å². The van der Waals surface area contributed by atoms with Crippen molar-refractivity contribution in [2.24, 2.45) is 5.73 Å². The fourth-order valence-corrected chi connectivity index (χ4v) is 0.782. The largest absolute Gasteiger partial charge is 0.481 e. The van der Waals surface area contributed by atoms with Crippen molar-refractivity contribution in [1.29, 1.82) is 0 Å². The molecule has 5 nitrogen and oxygen atoms in total. The van der Waals surface area contributed by atoms with Gasteiger partial charge in [0.2, 0.25) is 0 Å². The summed E-state index contributed by atoms with van der Waals surface area (Å²) in [6, 6.07) is 1.03. The molecule has 0 amide bonds. The second-order valence-corrected chi connectivity index (χ2v) is 2.31. The van der Waals surface area contributed by atoms with Gasteiger partial charge < -0.3 is 10.8 Å². The van der Waals surface area contributed by atoms with E-state index in [1.165, 1.54) is 12.4 Å². The summed E-state index contributed by atoms with van der Waals surface area (Å²) in [5.74, 6) is -0.588.